The van der Waals surface area contributed by atoms with Crippen molar-refractivity contribution in [2.45, 2.75) is 32.2 Å². The third-order valence-electron chi connectivity index (χ3n) is 4.86. The Balaban J connectivity index is 2.01. The van der Waals surface area contributed by atoms with Crippen LogP contribution in [0.15, 0.2) is 18.2 Å². The van der Waals surface area contributed by atoms with E-state index in [0.29, 0.717) is 30.2 Å². The molecular weight excluding hydrogens is 350 g/mol. The van der Waals surface area contributed by atoms with Crippen molar-refractivity contribution in [3.8, 4) is 11.5 Å². The predicted octanol–water partition coefficient (Wildman–Crippen LogP) is 2.20. The van der Waals surface area contributed by atoms with E-state index in [1.165, 1.54) is 7.11 Å². The standard InChI is InChI=1S/C19H23N3O5/c1-4-12-8-14(21-20-12)19(25)22-6-5-11-7-16(26-2)17(27-3)9-13(11)15(22)10-18(23)24/h7-9,15H,4-6,10H2,1-3H3,(H,20,21)(H,23,24). The van der Waals surface area contributed by atoms with Crippen LogP contribution >= 0.6 is 0 Å². The number of hydrogen-bond acceptors (Lipinski definition) is 5. The van der Waals surface area contributed by atoms with Crippen LogP contribution in [0.25, 0.3) is 0 Å². The van der Waals surface area contributed by atoms with Crippen molar-refractivity contribution in [2.24, 2.45) is 0 Å². The van der Waals surface area contributed by atoms with E-state index in [2.05, 4.69) is 10.2 Å². The number of benzene rings is 1. The van der Waals surface area contributed by atoms with Crippen LogP contribution in [0.4, 0.5) is 0 Å². The van der Waals surface area contributed by atoms with E-state index in [4.69, 9.17) is 9.47 Å². The van der Waals surface area contributed by atoms with Gasteiger partial charge in [0.25, 0.3) is 5.91 Å². The lowest BCUT2D eigenvalue weighted by Crippen LogP contribution is -2.41. The molecule has 1 unspecified atom stereocenters. The van der Waals surface area contributed by atoms with Crippen LogP contribution < -0.4 is 9.47 Å². The highest BCUT2D eigenvalue weighted by atomic mass is 16.5. The van der Waals surface area contributed by atoms with Crippen LogP contribution in [-0.2, 0) is 17.6 Å². The molecule has 1 aliphatic rings. The first-order valence-corrected chi connectivity index (χ1v) is 8.80. The molecule has 8 nitrogen and oxygen atoms in total. The number of carboxylic acid groups (broad SMARTS) is 1. The fourth-order valence-electron chi connectivity index (χ4n) is 3.46. The third-order valence-corrected chi connectivity index (χ3v) is 4.86. The topological polar surface area (TPSA) is 105 Å². The number of H-pyrrole nitrogens is 1. The SMILES string of the molecule is CCc1cc(C(=O)N2CCc3cc(OC)c(OC)cc3C2CC(=O)O)n[nH]1. The number of fused-ring (bicyclic) bond motifs is 1. The van der Waals surface area contributed by atoms with Gasteiger partial charge < -0.3 is 19.5 Å². The van der Waals surface area contributed by atoms with Gasteiger partial charge in [0, 0.05) is 12.2 Å². The summed E-state index contributed by atoms with van der Waals surface area (Å²) in [6, 6.07) is 4.74. The van der Waals surface area contributed by atoms with Crippen molar-refractivity contribution in [1.82, 2.24) is 15.1 Å². The number of rotatable bonds is 6. The fraction of sp³-hybridized carbons (Fsp3) is 0.421. The average Bonchev–Trinajstić information content (AvgIpc) is 3.15. The number of aromatic amines is 1. The first kappa shape index (κ1) is 18.8. The number of ether oxygens (including phenoxy) is 2. The number of amides is 1. The molecule has 2 heterocycles. The van der Waals surface area contributed by atoms with Crippen LogP contribution in [0.3, 0.4) is 0 Å². The van der Waals surface area contributed by atoms with E-state index < -0.39 is 12.0 Å². The highest BCUT2D eigenvalue weighted by Crippen LogP contribution is 2.39. The van der Waals surface area contributed by atoms with E-state index in [-0.39, 0.29) is 12.3 Å². The summed E-state index contributed by atoms with van der Waals surface area (Å²) >= 11 is 0. The summed E-state index contributed by atoms with van der Waals surface area (Å²) in [5, 5.41) is 16.3. The molecule has 3 rings (SSSR count). The van der Waals surface area contributed by atoms with E-state index in [1.807, 2.05) is 13.0 Å². The first-order valence-electron chi connectivity index (χ1n) is 8.80. The smallest absolute Gasteiger partial charge is 0.305 e. The Morgan fingerprint density at radius 3 is 2.56 bits per heavy atom. The average molecular weight is 373 g/mol. The van der Waals surface area contributed by atoms with Crippen molar-refractivity contribution in [1.29, 1.82) is 0 Å². The van der Waals surface area contributed by atoms with Crippen LogP contribution in [-0.4, -0.2) is 52.8 Å². The zero-order chi connectivity index (χ0) is 19.6. The number of nitrogens with one attached hydrogen (secondary N) is 1. The van der Waals surface area contributed by atoms with Gasteiger partial charge in [0.05, 0.1) is 26.7 Å². The van der Waals surface area contributed by atoms with Gasteiger partial charge in [-0.25, -0.2) is 0 Å². The maximum atomic E-state index is 13.0. The molecule has 1 amide bonds. The number of aromatic nitrogens is 2. The van der Waals surface area contributed by atoms with Crippen LogP contribution in [0, 0.1) is 0 Å². The Morgan fingerprint density at radius 2 is 1.96 bits per heavy atom. The van der Waals surface area contributed by atoms with Gasteiger partial charge in [-0.05, 0) is 42.2 Å². The van der Waals surface area contributed by atoms with E-state index in [9.17, 15) is 14.7 Å². The van der Waals surface area contributed by atoms with Crippen molar-refractivity contribution >= 4 is 11.9 Å². The lowest BCUT2D eigenvalue weighted by atomic mass is 9.89. The number of aryl methyl sites for hydroxylation is 1. The lowest BCUT2D eigenvalue weighted by molar-refractivity contribution is -0.138. The van der Waals surface area contributed by atoms with Crippen molar-refractivity contribution < 1.29 is 24.2 Å². The minimum atomic E-state index is -0.975. The quantitative estimate of drug-likeness (QED) is 0.804. The van der Waals surface area contributed by atoms with Gasteiger partial charge in [-0.15, -0.1) is 0 Å². The maximum Gasteiger partial charge on any atom is 0.305 e. The number of hydrogen-bond donors (Lipinski definition) is 2. The molecule has 2 aromatic rings. The number of nitrogens with zero attached hydrogens (tertiary/aromatic N) is 2. The molecule has 1 aromatic heterocycles. The number of carbonyl (C=O) groups is 2. The second-order valence-corrected chi connectivity index (χ2v) is 6.40. The molecule has 0 spiro atoms. The molecular formula is C19H23N3O5. The molecule has 1 atom stereocenters. The van der Waals surface area contributed by atoms with Gasteiger partial charge in [0.2, 0.25) is 0 Å². The molecule has 27 heavy (non-hydrogen) atoms. The molecule has 0 saturated heterocycles. The summed E-state index contributed by atoms with van der Waals surface area (Å²) in [7, 11) is 3.08. The van der Waals surface area contributed by atoms with Gasteiger partial charge in [0.15, 0.2) is 11.5 Å². The van der Waals surface area contributed by atoms with E-state index in [1.54, 1.807) is 24.1 Å². The summed E-state index contributed by atoms with van der Waals surface area (Å²) in [4.78, 5) is 26.1. The Bertz CT molecular complexity index is 861. The van der Waals surface area contributed by atoms with E-state index >= 15 is 0 Å². The predicted molar refractivity (Wildman–Crippen MR) is 97.2 cm³/mol. The van der Waals surface area contributed by atoms with Gasteiger partial charge in [-0.2, -0.15) is 5.10 Å². The Hall–Kier alpha value is -3.03. The minimum Gasteiger partial charge on any atom is -0.493 e. The molecule has 0 aliphatic carbocycles. The molecule has 0 radical (unpaired) electrons. The van der Waals surface area contributed by atoms with Gasteiger partial charge in [-0.3, -0.25) is 14.7 Å². The summed E-state index contributed by atoms with van der Waals surface area (Å²) < 4.78 is 10.7. The number of carbonyl (C=O) groups excluding carboxylic acids is 1. The van der Waals surface area contributed by atoms with Crippen LogP contribution in [0.5, 0.6) is 11.5 Å². The molecule has 1 aliphatic heterocycles. The largest absolute Gasteiger partial charge is 0.493 e. The summed E-state index contributed by atoms with van der Waals surface area (Å²) in [6.07, 6.45) is 1.14. The lowest BCUT2D eigenvalue weighted by Gasteiger charge is -2.36. The number of carboxylic acids is 1. The molecule has 144 valence electrons. The first-order chi connectivity index (χ1) is 13.0. The molecule has 2 N–H and O–H groups in total. The minimum absolute atomic E-state index is 0.195. The maximum absolute atomic E-state index is 13.0. The Morgan fingerprint density at radius 1 is 1.26 bits per heavy atom. The molecule has 0 bridgehead atoms. The Labute approximate surface area is 157 Å². The number of methoxy groups -OCH3 is 2. The van der Waals surface area contributed by atoms with Gasteiger partial charge in [0.1, 0.15) is 5.69 Å². The van der Waals surface area contributed by atoms with Crippen LogP contribution in [0.1, 0.15) is 46.7 Å². The monoisotopic (exact) mass is 373 g/mol. The third kappa shape index (κ3) is 3.60. The van der Waals surface area contributed by atoms with E-state index in [0.717, 1.165) is 23.2 Å². The van der Waals surface area contributed by atoms with Crippen molar-refractivity contribution in [3.05, 3.63) is 40.7 Å². The van der Waals surface area contributed by atoms with Crippen LogP contribution in [0.2, 0.25) is 0 Å². The second-order valence-electron chi connectivity index (χ2n) is 6.40. The van der Waals surface area contributed by atoms with Crippen molar-refractivity contribution in [2.75, 3.05) is 20.8 Å². The highest BCUT2D eigenvalue weighted by Gasteiger charge is 2.34. The highest BCUT2D eigenvalue weighted by molar-refractivity contribution is 5.93. The summed E-state index contributed by atoms with van der Waals surface area (Å²) in [5.41, 5.74) is 2.88. The van der Waals surface area contributed by atoms with Gasteiger partial charge >= 0.3 is 5.97 Å². The fourth-order valence-corrected chi connectivity index (χ4v) is 3.46. The van der Waals surface area contributed by atoms with Crippen molar-refractivity contribution in [3.63, 3.8) is 0 Å². The zero-order valence-electron chi connectivity index (χ0n) is 15.6. The number of aliphatic carboxylic acids is 1. The second kappa shape index (κ2) is 7.69. The van der Waals surface area contributed by atoms with Gasteiger partial charge in [-0.1, -0.05) is 6.92 Å². The summed E-state index contributed by atoms with van der Waals surface area (Å²) in [5.74, 6) is -0.159. The normalized spacial score (nSPS) is 16.0. The summed E-state index contributed by atoms with van der Waals surface area (Å²) in [6.45, 7) is 2.37. The zero-order valence-corrected chi connectivity index (χ0v) is 15.6. The Kier molecular flexibility index (Phi) is 5.34. The molecule has 0 fully saturated rings. The molecule has 0 saturated carbocycles. The molecule has 8 heteroatoms. The molecule has 1 aromatic carbocycles.